The Morgan fingerprint density at radius 1 is 0.974 bits per heavy atom. The molecule has 2 aromatic heterocycles. The van der Waals surface area contributed by atoms with Crippen molar-refractivity contribution in [3.8, 4) is 0 Å². The minimum atomic E-state index is -5.08. The van der Waals surface area contributed by atoms with Gasteiger partial charge in [-0.05, 0) is 39.3 Å². The summed E-state index contributed by atoms with van der Waals surface area (Å²) in [5.74, 6) is -5.51. The summed E-state index contributed by atoms with van der Waals surface area (Å²) in [6, 6.07) is 1.66. The molecule has 3 rings (SSSR count). The van der Waals surface area contributed by atoms with E-state index in [1.807, 2.05) is 35.9 Å². The molecule has 1 aliphatic heterocycles. The molecule has 0 radical (unpaired) electrons. The van der Waals surface area contributed by atoms with Gasteiger partial charge in [0, 0.05) is 63.3 Å². The first kappa shape index (κ1) is 32.9. The van der Waals surface area contributed by atoms with Gasteiger partial charge in [0.2, 0.25) is 0 Å². The zero-order valence-electron chi connectivity index (χ0n) is 21.5. The van der Waals surface area contributed by atoms with Gasteiger partial charge in [-0.15, -0.1) is 0 Å². The standard InChI is InChI=1S/C18H30N6.2C2HF3O2/c1-14(2)23(5)17-6-7-24(13-16-10-20-22(4)12-16)18(17)8-15-9-19-21(3)11-15;2*3-2(4,5)1(6)7/h9-12,14,17-18H,6-8,13H2,1-5H3;2*(H,6,7)/t17-,18+;;/m1../s1. The zero-order chi connectivity index (χ0) is 29.4. The molecular weight excluding hydrogens is 526 g/mol. The molecule has 0 bridgehead atoms. The van der Waals surface area contributed by atoms with Gasteiger partial charge < -0.3 is 10.2 Å². The number of likely N-dealkylation sites (tertiary alicyclic amines) is 1. The highest BCUT2D eigenvalue weighted by Crippen LogP contribution is 2.28. The van der Waals surface area contributed by atoms with Crippen molar-refractivity contribution in [2.45, 2.75) is 63.7 Å². The minimum absolute atomic E-state index is 0.516. The van der Waals surface area contributed by atoms with E-state index < -0.39 is 24.3 Å². The van der Waals surface area contributed by atoms with Crippen molar-refractivity contribution in [2.24, 2.45) is 14.1 Å². The number of carboxylic acids is 2. The highest BCUT2D eigenvalue weighted by molar-refractivity contribution is 5.73. The summed E-state index contributed by atoms with van der Waals surface area (Å²) in [7, 11) is 6.23. The molecule has 16 heteroatoms. The van der Waals surface area contributed by atoms with Crippen LogP contribution in [0.4, 0.5) is 26.3 Å². The second-order valence-corrected chi connectivity index (χ2v) is 9.01. The number of rotatable bonds is 6. The lowest BCUT2D eigenvalue weighted by Gasteiger charge is -2.35. The molecule has 0 amide bonds. The Hall–Kier alpha value is -3.14. The van der Waals surface area contributed by atoms with Crippen LogP contribution in [0.5, 0.6) is 0 Å². The van der Waals surface area contributed by atoms with Gasteiger partial charge in [0.1, 0.15) is 0 Å². The number of carbonyl (C=O) groups is 2. The average Bonchev–Trinajstić information content (AvgIpc) is 3.48. The Morgan fingerprint density at radius 2 is 1.39 bits per heavy atom. The maximum Gasteiger partial charge on any atom is 0.490 e. The number of carboxylic acid groups (broad SMARTS) is 2. The van der Waals surface area contributed by atoms with Crippen molar-refractivity contribution in [1.82, 2.24) is 29.4 Å². The van der Waals surface area contributed by atoms with Crippen LogP contribution in [-0.2, 0) is 36.6 Å². The molecule has 1 aliphatic rings. The van der Waals surface area contributed by atoms with Crippen LogP contribution in [0.15, 0.2) is 24.8 Å². The smallest absolute Gasteiger partial charge is 0.475 e. The molecule has 0 spiro atoms. The van der Waals surface area contributed by atoms with Gasteiger partial charge in [-0.1, -0.05) is 0 Å². The van der Waals surface area contributed by atoms with Crippen molar-refractivity contribution in [3.63, 3.8) is 0 Å². The maximum absolute atomic E-state index is 10.6. The van der Waals surface area contributed by atoms with E-state index >= 15 is 0 Å². The highest BCUT2D eigenvalue weighted by atomic mass is 19.4. The number of aliphatic carboxylic acids is 2. The van der Waals surface area contributed by atoms with Crippen LogP contribution >= 0.6 is 0 Å². The van der Waals surface area contributed by atoms with E-state index in [0.717, 1.165) is 19.5 Å². The molecule has 38 heavy (non-hydrogen) atoms. The fraction of sp³-hybridized carbons (Fsp3) is 0.636. The molecule has 3 heterocycles. The van der Waals surface area contributed by atoms with E-state index in [0.29, 0.717) is 18.1 Å². The Labute approximate surface area is 215 Å². The number of hydrogen-bond donors (Lipinski definition) is 2. The molecule has 1 fully saturated rings. The van der Waals surface area contributed by atoms with Crippen molar-refractivity contribution >= 4 is 11.9 Å². The monoisotopic (exact) mass is 558 g/mol. The maximum atomic E-state index is 10.6. The second kappa shape index (κ2) is 13.6. The van der Waals surface area contributed by atoms with Crippen molar-refractivity contribution in [2.75, 3.05) is 13.6 Å². The van der Waals surface area contributed by atoms with Crippen LogP contribution in [-0.4, -0.2) is 95.6 Å². The van der Waals surface area contributed by atoms with Gasteiger partial charge in [-0.2, -0.15) is 36.5 Å². The zero-order valence-corrected chi connectivity index (χ0v) is 21.5. The van der Waals surface area contributed by atoms with Gasteiger partial charge in [-0.3, -0.25) is 19.2 Å². The van der Waals surface area contributed by atoms with E-state index in [1.165, 1.54) is 17.5 Å². The van der Waals surface area contributed by atoms with E-state index in [1.54, 1.807) is 0 Å². The van der Waals surface area contributed by atoms with Crippen LogP contribution in [0.2, 0.25) is 0 Å². The summed E-state index contributed by atoms with van der Waals surface area (Å²) in [6.07, 6.45) is 0.372. The number of halogens is 6. The van der Waals surface area contributed by atoms with Crippen molar-refractivity contribution < 1.29 is 46.1 Å². The SMILES string of the molecule is CC(C)N(C)[C@@H]1CCN(Cc2cnn(C)c2)[C@H]1Cc1cnn(C)c1.O=C(O)C(F)(F)F.O=C(O)C(F)(F)F. The predicted octanol–water partition coefficient (Wildman–Crippen LogP) is 2.95. The predicted molar refractivity (Wildman–Crippen MR) is 123 cm³/mol. The Bertz CT molecular complexity index is 1010. The topological polar surface area (TPSA) is 117 Å². The summed E-state index contributed by atoms with van der Waals surface area (Å²) in [4.78, 5) is 22.9. The second-order valence-electron chi connectivity index (χ2n) is 9.01. The summed E-state index contributed by atoms with van der Waals surface area (Å²) in [6.45, 7) is 6.68. The van der Waals surface area contributed by atoms with Gasteiger partial charge in [0.25, 0.3) is 0 Å². The quantitative estimate of drug-likeness (QED) is 0.520. The minimum Gasteiger partial charge on any atom is -0.475 e. The van der Waals surface area contributed by atoms with Gasteiger partial charge in [0.05, 0.1) is 12.4 Å². The molecule has 0 aliphatic carbocycles. The fourth-order valence-electron chi connectivity index (χ4n) is 3.83. The Kier molecular flexibility index (Phi) is 11.8. The van der Waals surface area contributed by atoms with Crippen LogP contribution in [0.25, 0.3) is 0 Å². The van der Waals surface area contributed by atoms with Gasteiger partial charge >= 0.3 is 24.3 Å². The van der Waals surface area contributed by atoms with Crippen LogP contribution in [0.3, 0.4) is 0 Å². The summed E-state index contributed by atoms with van der Waals surface area (Å²) in [5.41, 5.74) is 2.62. The normalized spacial score (nSPS) is 18.1. The lowest BCUT2D eigenvalue weighted by Crippen LogP contribution is -2.47. The Balaban J connectivity index is 0.000000426. The van der Waals surface area contributed by atoms with Gasteiger partial charge in [0.15, 0.2) is 0 Å². The third kappa shape index (κ3) is 10.7. The first-order valence-corrected chi connectivity index (χ1v) is 11.3. The first-order valence-electron chi connectivity index (χ1n) is 11.3. The molecule has 0 unspecified atom stereocenters. The van der Waals surface area contributed by atoms with Crippen LogP contribution < -0.4 is 0 Å². The van der Waals surface area contributed by atoms with Crippen molar-refractivity contribution in [1.29, 1.82) is 0 Å². The number of likely N-dealkylation sites (N-methyl/N-ethyl adjacent to an activating group) is 1. The van der Waals surface area contributed by atoms with E-state index in [-0.39, 0.29) is 0 Å². The lowest BCUT2D eigenvalue weighted by molar-refractivity contribution is -0.193. The molecule has 216 valence electrons. The number of nitrogens with zero attached hydrogens (tertiary/aromatic N) is 6. The number of alkyl halides is 6. The number of aromatic nitrogens is 4. The van der Waals surface area contributed by atoms with Crippen LogP contribution in [0, 0.1) is 0 Å². The summed E-state index contributed by atoms with van der Waals surface area (Å²) >= 11 is 0. The summed E-state index contributed by atoms with van der Waals surface area (Å²) in [5, 5.41) is 22.9. The average molecular weight is 559 g/mol. The third-order valence-electron chi connectivity index (χ3n) is 5.80. The number of aryl methyl sites for hydroxylation is 2. The van der Waals surface area contributed by atoms with Gasteiger partial charge in [-0.25, -0.2) is 9.59 Å². The highest BCUT2D eigenvalue weighted by Gasteiger charge is 2.39. The molecule has 10 nitrogen and oxygen atoms in total. The van der Waals surface area contributed by atoms with E-state index in [2.05, 4.69) is 53.3 Å². The molecule has 0 saturated carbocycles. The van der Waals surface area contributed by atoms with Crippen LogP contribution in [0.1, 0.15) is 31.4 Å². The fourth-order valence-corrected chi connectivity index (χ4v) is 3.83. The van der Waals surface area contributed by atoms with Crippen molar-refractivity contribution in [3.05, 3.63) is 35.9 Å². The van der Waals surface area contributed by atoms with E-state index in [9.17, 15) is 26.3 Å². The number of hydrogen-bond acceptors (Lipinski definition) is 6. The Morgan fingerprint density at radius 3 is 1.74 bits per heavy atom. The third-order valence-corrected chi connectivity index (χ3v) is 5.80. The molecule has 2 N–H and O–H groups in total. The lowest BCUT2D eigenvalue weighted by atomic mass is 10.00. The molecule has 2 aromatic rings. The van der Waals surface area contributed by atoms with E-state index in [4.69, 9.17) is 19.8 Å². The molecule has 1 saturated heterocycles. The first-order chi connectivity index (χ1) is 17.3. The largest absolute Gasteiger partial charge is 0.490 e. The molecule has 0 aromatic carbocycles. The molecule has 2 atom stereocenters. The molecular formula is C22H32F6N6O4. The summed E-state index contributed by atoms with van der Waals surface area (Å²) < 4.78 is 67.3.